The van der Waals surface area contributed by atoms with Crippen molar-refractivity contribution in [1.82, 2.24) is 0 Å². The van der Waals surface area contributed by atoms with E-state index in [0.29, 0.717) is 0 Å². The molecule has 0 aromatic heterocycles. The Hall–Kier alpha value is -1.30. The average molecular weight is 172 g/mol. The molecule has 0 saturated carbocycles. The van der Waals surface area contributed by atoms with Crippen LogP contribution in [0, 0.1) is 0 Å². The Morgan fingerprint density at radius 3 is 2.54 bits per heavy atom. The SMILES string of the molecule is C/C=C(/C)C/C=C/c1ccccc1. The van der Waals surface area contributed by atoms with Crippen molar-refractivity contribution >= 4 is 6.08 Å². The molecule has 0 heterocycles. The van der Waals surface area contributed by atoms with Crippen molar-refractivity contribution in [3.05, 3.63) is 53.6 Å². The summed E-state index contributed by atoms with van der Waals surface area (Å²) in [5.41, 5.74) is 2.68. The third-order valence-electron chi connectivity index (χ3n) is 2.04. The zero-order valence-electron chi connectivity index (χ0n) is 8.33. The molecule has 1 aromatic carbocycles. The second-order valence-electron chi connectivity index (χ2n) is 3.15. The normalized spacial score (nSPS) is 12.3. The van der Waals surface area contributed by atoms with E-state index >= 15 is 0 Å². The molecule has 0 spiro atoms. The lowest BCUT2D eigenvalue weighted by molar-refractivity contribution is 1.21. The summed E-state index contributed by atoms with van der Waals surface area (Å²) in [5, 5.41) is 0. The first-order chi connectivity index (χ1) is 6.33. The molecule has 0 radical (unpaired) electrons. The van der Waals surface area contributed by atoms with Crippen LogP contribution >= 0.6 is 0 Å². The van der Waals surface area contributed by atoms with Crippen molar-refractivity contribution in [3.63, 3.8) is 0 Å². The number of benzene rings is 1. The molecule has 1 aromatic rings. The molecule has 68 valence electrons. The molecule has 0 aliphatic rings. The van der Waals surface area contributed by atoms with Crippen LogP contribution < -0.4 is 0 Å². The fourth-order valence-corrected chi connectivity index (χ4v) is 1.06. The number of rotatable bonds is 3. The zero-order valence-corrected chi connectivity index (χ0v) is 8.33. The summed E-state index contributed by atoms with van der Waals surface area (Å²) in [6, 6.07) is 10.4. The largest absolute Gasteiger partial charge is 0.0884 e. The fraction of sp³-hybridized carbons (Fsp3) is 0.231. The summed E-state index contributed by atoms with van der Waals surface area (Å²) >= 11 is 0. The van der Waals surface area contributed by atoms with E-state index in [1.54, 1.807) is 0 Å². The van der Waals surface area contributed by atoms with E-state index in [1.807, 2.05) is 6.07 Å². The zero-order chi connectivity index (χ0) is 9.52. The quantitative estimate of drug-likeness (QED) is 0.603. The number of hydrogen-bond acceptors (Lipinski definition) is 0. The van der Waals surface area contributed by atoms with Crippen molar-refractivity contribution < 1.29 is 0 Å². The number of hydrogen-bond donors (Lipinski definition) is 0. The van der Waals surface area contributed by atoms with E-state index in [-0.39, 0.29) is 0 Å². The van der Waals surface area contributed by atoms with Crippen LogP contribution in [0.1, 0.15) is 25.8 Å². The molecule has 0 atom stereocenters. The van der Waals surface area contributed by atoms with Gasteiger partial charge in [0.05, 0.1) is 0 Å². The molecule has 0 aliphatic heterocycles. The molecular weight excluding hydrogens is 156 g/mol. The fourth-order valence-electron chi connectivity index (χ4n) is 1.06. The van der Waals surface area contributed by atoms with Gasteiger partial charge < -0.3 is 0 Å². The van der Waals surface area contributed by atoms with Gasteiger partial charge in [-0.05, 0) is 25.8 Å². The van der Waals surface area contributed by atoms with Gasteiger partial charge in [0.25, 0.3) is 0 Å². The molecule has 13 heavy (non-hydrogen) atoms. The van der Waals surface area contributed by atoms with Crippen molar-refractivity contribution in [2.45, 2.75) is 20.3 Å². The second kappa shape index (κ2) is 5.36. The highest BCUT2D eigenvalue weighted by Gasteiger charge is 1.83. The highest BCUT2D eigenvalue weighted by atomic mass is 13.9. The third kappa shape index (κ3) is 3.75. The van der Waals surface area contributed by atoms with E-state index < -0.39 is 0 Å². The van der Waals surface area contributed by atoms with Crippen LogP contribution in [0.3, 0.4) is 0 Å². The second-order valence-corrected chi connectivity index (χ2v) is 3.15. The molecule has 0 nitrogen and oxygen atoms in total. The molecule has 1 rings (SSSR count). The van der Waals surface area contributed by atoms with Gasteiger partial charge >= 0.3 is 0 Å². The summed E-state index contributed by atoms with van der Waals surface area (Å²) < 4.78 is 0. The minimum Gasteiger partial charge on any atom is -0.0884 e. The molecule has 0 unspecified atom stereocenters. The van der Waals surface area contributed by atoms with E-state index in [9.17, 15) is 0 Å². The lowest BCUT2D eigenvalue weighted by Gasteiger charge is -1.93. The van der Waals surface area contributed by atoms with Crippen molar-refractivity contribution in [2.24, 2.45) is 0 Å². The highest BCUT2D eigenvalue weighted by Crippen LogP contribution is 2.05. The minimum atomic E-state index is 1.05. The Balaban J connectivity index is 2.50. The van der Waals surface area contributed by atoms with Crippen LogP contribution in [0.15, 0.2) is 48.1 Å². The standard InChI is InChI=1S/C13H16/c1-3-12(2)8-7-11-13-9-5-4-6-10-13/h3-7,9-11H,8H2,1-2H3/b11-7+,12-3-. The molecule has 0 bridgehead atoms. The lowest BCUT2D eigenvalue weighted by Crippen LogP contribution is -1.72. The third-order valence-corrected chi connectivity index (χ3v) is 2.04. The van der Waals surface area contributed by atoms with Gasteiger partial charge in [-0.1, -0.05) is 54.1 Å². The van der Waals surface area contributed by atoms with E-state index in [2.05, 4.69) is 56.3 Å². The van der Waals surface area contributed by atoms with Gasteiger partial charge in [-0.15, -0.1) is 0 Å². The summed E-state index contributed by atoms with van der Waals surface area (Å²) in [7, 11) is 0. The Labute approximate surface area is 80.6 Å². The van der Waals surface area contributed by atoms with Crippen molar-refractivity contribution in [3.8, 4) is 0 Å². The monoisotopic (exact) mass is 172 g/mol. The van der Waals surface area contributed by atoms with Crippen LogP contribution in [0.25, 0.3) is 6.08 Å². The van der Waals surface area contributed by atoms with E-state index in [1.165, 1.54) is 11.1 Å². The molecule has 0 amide bonds. The van der Waals surface area contributed by atoms with Gasteiger partial charge in [-0.3, -0.25) is 0 Å². The molecule has 0 heteroatoms. The van der Waals surface area contributed by atoms with Gasteiger partial charge in [-0.2, -0.15) is 0 Å². The molecular formula is C13H16. The first-order valence-corrected chi connectivity index (χ1v) is 4.66. The molecule has 0 N–H and O–H groups in total. The lowest BCUT2D eigenvalue weighted by atomic mass is 10.1. The average Bonchev–Trinajstić information content (AvgIpc) is 2.19. The predicted octanol–water partition coefficient (Wildman–Crippen LogP) is 4.06. The summed E-state index contributed by atoms with van der Waals surface area (Å²) in [6.07, 6.45) is 7.55. The van der Waals surface area contributed by atoms with Gasteiger partial charge in [0.1, 0.15) is 0 Å². The summed E-state index contributed by atoms with van der Waals surface area (Å²) in [4.78, 5) is 0. The smallest absolute Gasteiger partial charge is 0.0138 e. The number of allylic oxidation sites excluding steroid dienone is 3. The highest BCUT2D eigenvalue weighted by molar-refractivity contribution is 5.49. The maximum absolute atomic E-state index is 2.20. The maximum Gasteiger partial charge on any atom is -0.0138 e. The molecule has 0 fully saturated rings. The predicted molar refractivity (Wildman–Crippen MR) is 59.5 cm³/mol. The Morgan fingerprint density at radius 1 is 1.23 bits per heavy atom. The molecule has 0 aliphatic carbocycles. The first-order valence-electron chi connectivity index (χ1n) is 4.66. The van der Waals surface area contributed by atoms with Gasteiger partial charge in [-0.25, -0.2) is 0 Å². The van der Waals surface area contributed by atoms with Crippen LogP contribution in [0.2, 0.25) is 0 Å². The van der Waals surface area contributed by atoms with Crippen LogP contribution in [0.5, 0.6) is 0 Å². The Morgan fingerprint density at radius 2 is 1.92 bits per heavy atom. The van der Waals surface area contributed by atoms with Crippen molar-refractivity contribution in [1.29, 1.82) is 0 Å². The van der Waals surface area contributed by atoms with Crippen LogP contribution in [0.4, 0.5) is 0 Å². The summed E-state index contributed by atoms with van der Waals surface area (Å²) in [5.74, 6) is 0. The van der Waals surface area contributed by atoms with Gasteiger partial charge in [0.15, 0.2) is 0 Å². The van der Waals surface area contributed by atoms with Crippen molar-refractivity contribution in [2.75, 3.05) is 0 Å². The van der Waals surface area contributed by atoms with E-state index in [0.717, 1.165) is 6.42 Å². The molecule has 0 saturated heterocycles. The Bertz CT molecular complexity index is 291. The van der Waals surface area contributed by atoms with Crippen LogP contribution in [-0.4, -0.2) is 0 Å². The topological polar surface area (TPSA) is 0 Å². The maximum atomic E-state index is 2.20. The van der Waals surface area contributed by atoms with Crippen LogP contribution in [-0.2, 0) is 0 Å². The van der Waals surface area contributed by atoms with Gasteiger partial charge in [0.2, 0.25) is 0 Å². The van der Waals surface area contributed by atoms with E-state index in [4.69, 9.17) is 0 Å². The first kappa shape index (κ1) is 9.79. The Kier molecular flexibility index (Phi) is 4.04. The summed E-state index contributed by atoms with van der Waals surface area (Å²) in [6.45, 7) is 4.22. The minimum absolute atomic E-state index is 1.05. The van der Waals surface area contributed by atoms with Gasteiger partial charge in [0, 0.05) is 0 Å².